The van der Waals surface area contributed by atoms with Crippen LogP contribution in [0.4, 0.5) is 0 Å². The summed E-state index contributed by atoms with van der Waals surface area (Å²) in [5.74, 6) is 0.245. The van der Waals surface area contributed by atoms with Crippen molar-refractivity contribution in [3.05, 3.63) is 53.1 Å². The number of fused-ring (bicyclic) bond motifs is 1. The molecule has 0 heterocycles. The van der Waals surface area contributed by atoms with Crippen molar-refractivity contribution in [1.29, 1.82) is 5.26 Å². The molecule has 1 N–H and O–H groups in total. The molecule has 1 aliphatic carbocycles. The SMILES string of the molecule is N#Cc1ccc2c(c1-c1ccccc1O)CCC2. The average molecular weight is 235 g/mol. The molecule has 0 aliphatic heterocycles. The topological polar surface area (TPSA) is 44.0 Å². The van der Waals surface area contributed by atoms with Crippen molar-refractivity contribution in [3.8, 4) is 22.9 Å². The Hall–Kier alpha value is -2.27. The number of hydrogen-bond donors (Lipinski definition) is 1. The van der Waals surface area contributed by atoms with E-state index in [1.54, 1.807) is 12.1 Å². The Morgan fingerprint density at radius 2 is 1.89 bits per heavy atom. The lowest BCUT2D eigenvalue weighted by molar-refractivity contribution is 0.477. The number of hydrogen-bond acceptors (Lipinski definition) is 2. The Labute approximate surface area is 106 Å². The second kappa shape index (κ2) is 4.19. The zero-order chi connectivity index (χ0) is 12.5. The third kappa shape index (κ3) is 1.56. The molecule has 3 rings (SSSR count). The summed E-state index contributed by atoms with van der Waals surface area (Å²) >= 11 is 0. The molecule has 0 aromatic heterocycles. The summed E-state index contributed by atoms with van der Waals surface area (Å²) in [6, 6.07) is 13.4. The lowest BCUT2D eigenvalue weighted by atomic mass is 9.92. The number of para-hydroxylation sites is 1. The van der Waals surface area contributed by atoms with Crippen LogP contribution in [0.25, 0.3) is 11.1 Å². The molecule has 0 atom stereocenters. The van der Waals surface area contributed by atoms with Gasteiger partial charge in [0.1, 0.15) is 5.75 Å². The number of nitriles is 1. The number of rotatable bonds is 1. The molecular weight excluding hydrogens is 222 g/mol. The van der Waals surface area contributed by atoms with E-state index in [2.05, 4.69) is 6.07 Å². The second-order valence-electron chi connectivity index (χ2n) is 4.61. The third-order valence-electron chi connectivity index (χ3n) is 3.58. The van der Waals surface area contributed by atoms with Crippen molar-refractivity contribution in [2.45, 2.75) is 19.3 Å². The van der Waals surface area contributed by atoms with Gasteiger partial charge in [-0.2, -0.15) is 5.26 Å². The Balaban J connectivity index is 2.32. The van der Waals surface area contributed by atoms with Gasteiger partial charge in [0.05, 0.1) is 11.6 Å². The van der Waals surface area contributed by atoms with Crippen LogP contribution in [0.3, 0.4) is 0 Å². The molecule has 18 heavy (non-hydrogen) atoms. The molecule has 0 saturated heterocycles. The highest BCUT2D eigenvalue weighted by atomic mass is 16.3. The number of benzene rings is 2. The summed E-state index contributed by atoms with van der Waals surface area (Å²) in [4.78, 5) is 0. The molecule has 88 valence electrons. The fourth-order valence-corrected chi connectivity index (χ4v) is 2.75. The number of phenolic OH excluding ortho intramolecular Hbond substituents is 1. The Morgan fingerprint density at radius 1 is 1.06 bits per heavy atom. The molecule has 2 nitrogen and oxygen atoms in total. The van der Waals surface area contributed by atoms with Gasteiger partial charge in [0.2, 0.25) is 0 Å². The maximum Gasteiger partial charge on any atom is 0.123 e. The van der Waals surface area contributed by atoms with Gasteiger partial charge in [0.15, 0.2) is 0 Å². The molecule has 0 saturated carbocycles. The predicted octanol–water partition coefficient (Wildman–Crippen LogP) is 3.42. The monoisotopic (exact) mass is 235 g/mol. The highest BCUT2D eigenvalue weighted by molar-refractivity contribution is 5.79. The minimum atomic E-state index is 0.245. The van der Waals surface area contributed by atoms with E-state index in [1.165, 1.54) is 11.1 Å². The van der Waals surface area contributed by atoms with E-state index in [0.717, 1.165) is 30.4 Å². The smallest absolute Gasteiger partial charge is 0.123 e. The normalized spacial score (nSPS) is 13.1. The van der Waals surface area contributed by atoms with E-state index in [1.807, 2.05) is 24.3 Å². The van der Waals surface area contributed by atoms with Crippen molar-refractivity contribution >= 4 is 0 Å². The van der Waals surface area contributed by atoms with Gasteiger partial charge in [0.25, 0.3) is 0 Å². The summed E-state index contributed by atoms with van der Waals surface area (Å²) in [6.07, 6.45) is 3.20. The molecule has 1 aliphatic rings. The highest BCUT2D eigenvalue weighted by Gasteiger charge is 2.20. The molecule has 0 spiro atoms. The van der Waals surface area contributed by atoms with Gasteiger partial charge in [-0.05, 0) is 42.5 Å². The largest absolute Gasteiger partial charge is 0.507 e. The van der Waals surface area contributed by atoms with Crippen molar-refractivity contribution in [2.75, 3.05) is 0 Å². The summed E-state index contributed by atoms with van der Waals surface area (Å²) in [5.41, 5.74) is 4.89. The summed E-state index contributed by atoms with van der Waals surface area (Å²) < 4.78 is 0. The highest BCUT2D eigenvalue weighted by Crippen LogP contribution is 2.38. The molecular formula is C16H13NO. The summed E-state index contributed by atoms with van der Waals surface area (Å²) in [7, 11) is 0. The molecule has 2 aromatic rings. The second-order valence-corrected chi connectivity index (χ2v) is 4.61. The molecule has 2 heteroatoms. The van der Waals surface area contributed by atoms with Gasteiger partial charge in [-0.25, -0.2) is 0 Å². The Bertz CT molecular complexity index is 653. The van der Waals surface area contributed by atoms with E-state index >= 15 is 0 Å². The first-order valence-electron chi connectivity index (χ1n) is 6.14. The van der Waals surface area contributed by atoms with E-state index in [0.29, 0.717) is 5.56 Å². The minimum absolute atomic E-state index is 0.245. The van der Waals surface area contributed by atoms with Crippen molar-refractivity contribution in [3.63, 3.8) is 0 Å². The standard InChI is InChI=1S/C16H13NO/c17-10-12-9-8-11-4-3-6-13(11)16(12)14-5-1-2-7-15(14)18/h1-2,5,7-9,18H,3-4,6H2. The van der Waals surface area contributed by atoms with Crippen LogP contribution in [-0.2, 0) is 12.8 Å². The van der Waals surface area contributed by atoms with E-state index in [4.69, 9.17) is 0 Å². The summed E-state index contributed by atoms with van der Waals surface area (Å²) in [6.45, 7) is 0. The average Bonchev–Trinajstić information content (AvgIpc) is 2.86. The Morgan fingerprint density at radius 3 is 2.67 bits per heavy atom. The molecule has 0 fully saturated rings. The summed E-state index contributed by atoms with van der Waals surface area (Å²) in [5, 5.41) is 19.3. The van der Waals surface area contributed by atoms with Crippen LogP contribution >= 0.6 is 0 Å². The molecule has 0 unspecified atom stereocenters. The van der Waals surface area contributed by atoms with Gasteiger partial charge >= 0.3 is 0 Å². The number of phenols is 1. The first kappa shape index (κ1) is 10.9. The quantitative estimate of drug-likeness (QED) is 0.823. The molecule has 0 bridgehead atoms. The maximum atomic E-state index is 10.0. The van der Waals surface area contributed by atoms with Crippen LogP contribution < -0.4 is 0 Å². The van der Waals surface area contributed by atoms with Gasteiger partial charge in [-0.15, -0.1) is 0 Å². The van der Waals surface area contributed by atoms with Gasteiger partial charge in [0, 0.05) is 11.1 Å². The minimum Gasteiger partial charge on any atom is -0.507 e. The lowest BCUT2D eigenvalue weighted by Gasteiger charge is -2.12. The van der Waals surface area contributed by atoms with Crippen LogP contribution in [0.5, 0.6) is 5.75 Å². The molecule has 2 aromatic carbocycles. The van der Waals surface area contributed by atoms with Crippen LogP contribution in [0, 0.1) is 11.3 Å². The fourth-order valence-electron chi connectivity index (χ4n) is 2.75. The van der Waals surface area contributed by atoms with Gasteiger partial charge in [-0.1, -0.05) is 24.3 Å². The van der Waals surface area contributed by atoms with Crippen LogP contribution in [0.2, 0.25) is 0 Å². The third-order valence-corrected chi connectivity index (χ3v) is 3.58. The van der Waals surface area contributed by atoms with Gasteiger partial charge in [-0.3, -0.25) is 0 Å². The molecule has 0 amide bonds. The van der Waals surface area contributed by atoms with Crippen LogP contribution in [0.15, 0.2) is 36.4 Å². The van der Waals surface area contributed by atoms with Crippen molar-refractivity contribution in [2.24, 2.45) is 0 Å². The number of nitrogens with zero attached hydrogens (tertiary/aromatic N) is 1. The number of aryl methyl sites for hydroxylation is 1. The van der Waals surface area contributed by atoms with Crippen molar-refractivity contribution < 1.29 is 5.11 Å². The van der Waals surface area contributed by atoms with Crippen LogP contribution in [-0.4, -0.2) is 5.11 Å². The van der Waals surface area contributed by atoms with Crippen LogP contribution in [0.1, 0.15) is 23.1 Å². The maximum absolute atomic E-state index is 10.0. The zero-order valence-electron chi connectivity index (χ0n) is 9.98. The number of aromatic hydroxyl groups is 1. The first-order chi connectivity index (χ1) is 8.81. The lowest BCUT2D eigenvalue weighted by Crippen LogP contribution is -1.93. The zero-order valence-corrected chi connectivity index (χ0v) is 9.98. The predicted molar refractivity (Wildman–Crippen MR) is 70.3 cm³/mol. The molecule has 0 radical (unpaired) electrons. The van der Waals surface area contributed by atoms with E-state index < -0.39 is 0 Å². The van der Waals surface area contributed by atoms with E-state index in [9.17, 15) is 10.4 Å². The Kier molecular flexibility index (Phi) is 2.53. The fraction of sp³-hybridized carbons (Fsp3) is 0.188. The van der Waals surface area contributed by atoms with Crippen molar-refractivity contribution in [1.82, 2.24) is 0 Å². The van der Waals surface area contributed by atoms with Gasteiger partial charge < -0.3 is 5.11 Å². The first-order valence-corrected chi connectivity index (χ1v) is 6.14. The van der Waals surface area contributed by atoms with E-state index in [-0.39, 0.29) is 5.75 Å².